The Morgan fingerprint density at radius 2 is 0.952 bits per heavy atom. The zero-order valence-corrected chi connectivity index (χ0v) is 23.8. The first-order chi connectivity index (χ1) is 19.6. The number of nitrogens with one attached hydrogen (secondary N) is 2. The molecule has 0 radical (unpaired) electrons. The summed E-state index contributed by atoms with van der Waals surface area (Å²) in [6.45, 7) is 3.23. The van der Waals surface area contributed by atoms with Gasteiger partial charge in [0.2, 0.25) is 0 Å². The number of allylic oxidation sites excluding steroid dienone is 8. The van der Waals surface area contributed by atoms with E-state index < -0.39 is 76.8 Å². The van der Waals surface area contributed by atoms with Crippen molar-refractivity contribution in [3.63, 3.8) is 0 Å². The average Bonchev–Trinajstić information content (AvgIpc) is 2.89. The van der Waals surface area contributed by atoms with Crippen molar-refractivity contribution < 1.29 is 45.7 Å². The van der Waals surface area contributed by atoms with E-state index in [2.05, 4.69) is 10.6 Å². The molecule has 0 bridgehead atoms. The van der Waals surface area contributed by atoms with Gasteiger partial charge in [-0.05, 0) is 73.5 Å². The minimum Gasteiger partial charge on any atom is -0.512 e. The average molecular weight is 615 g/mol. The van der Waals surface area contributed by atoms with Crippen LogP contribution in [0, 0.1) is 37.5 Å². The first kappa shape index (κ1) is 29.3. The summed E-state index contributed by atoms with van der Waals surface area (Å²) in [5.41, 5.74) is 1.01. The summed E-state index contributed by atoms with van der Waals surface area (Å²) >= 11 is 0. The first-order valence-corrected chi connectivity index (χ1v) is 15.4. The van der Waals surface area contributed by atoms with Crippen LogP contribution >= 0.6 is 0 Å². The third-order valence-electron chi connectivity index (χ3n) is 7.46. The number of hydrogen-bond acceptors (Lipinski definition) is 10. The van der Waals surface area contributed by atoms with Crippen LogP contribution in [0.1, 0.15) is 11.1 Å². The zero-order chi connectivity index (χ0) is 30.7. The Bertz CT molecular complexity index is 1750. The van der Waals surface area contributed by atoms with Crippen molar-refractivity contribution in [2.24, 2.45) is 23.7 Å². The quantitative estimate of drug-likeness (QED) is 0.258. The number of aliphatic hydroxyl groups excluding tert-OH is 2. The van der Waals surface area contributed by atoms with Gasteiger partial charge in [-0.2, -0.15) is 16.8 Å². The van der Waals surface area contributed by atoms with Crippen molar-refractivity contribution in [3.05, 3.63) is 94.7 Å². The van der Waals surface area contributed by atoms with Gasteiger partial charge in [0.15, 0.2) is 11.6 Å². The molecule has 0 aromatic heterocycles. The normalized spacial score (nSPS) is 24.0. The third kappa shape index (κ3) is 5.13. The monoisotopic (exact) mass is 614 g/mol. The van der Waals surface area contributed by atoms with Crippen molar-refractivity contribution in [3.8, 4) is 0 Å². The second kappa shape index (κ2) is 10.2. The Kier molecular flexibility index (Phi) is 7.13. The van der Waals surface area contributed by atoms with E-state index in [0.717, 1.165) is 0 Å². The molecular weight excluding hydrogens is 588 g/mol. The molecule has 4 atom stereocenters. The van der Waals surface area contributed by atoms with E-state index in [1.807, 2.05) is 0 Å². The molecule has 3 aliphatic rings. The lowest BCUT2D eigenvalue weighted by Gasteiger charge is -2.42. The number of carbonyl (C=O) groups excluding carboxylic acids is 2. The Balaban J connectivity index is 1.54. The van der Waals surface area contributed by atoms with Crippen LogP contribution in [0.25, 0.3) is 0 Å². The summed E-state index contributed by atoms with van der Waals surface area (Å²) in [6, 6.07) is 8.34. The van der Waals surface area contributed by atoms with Crippen LogP contribution in [0.4, 0.5) is 11.4 Å². The molecule has 5 rings (SSSR count). The molecule has 1 fully saturated rings. The van der Waals surface area contributed by atoms with Gasteiger partial charge >= 0.3 is 0 Å². The highest BCUT2D eigenvalue weighted by Crippen LogP contribution is 2.48. The summed E-state index contributed by atoms with van der Waals surface area (Å²) < 4.78 is 67.6. The highest BCUT2D eigenvalue weighted by molar-refractivity contribution is 7.86. The molecule has 220 valence electrons. The fraction of sp³-hybridized carbons (Fsp3) is 0.214. The van der Waals surface area contributed by atoms with Gasteiger partial charge in [0.25, 0.3) is 20.2 Å². The van der Waals surface area contributed by atoms with Gasteiger partial charge in [-0.3, -0.25) is 18.7 Å². The van der Waals surface area contributed by atoms with E-state index >= 15 is 0 Å². The topological polar surface area (TPSA) is 207 Å². The molecule has 0 amide bonds. The Hall–Kier alpha value is -4.24. The van der Waals surface area contributed by atoms with Gasteiger partial charge in [-0.1, -0.05) is 12.1 Å². The second-order valence-corrected chi connectivity index (χ2v) is 13.1. The fourth-order valence-corrected chi connectivity index (χ4v) is 7.01. The predicted molar refractivity (Wildman–Crippen MR) is 151 cm³/mol. The van der Waals surface area contributed by atoms with Gasteiger partial charge in [-0.15, -0.1) is 0 Å². The maximum Gasteiger partial charge on any atom is 0.296 e. The molecule has 2 aromatic rings. The molecule has 14 heteroatoms. The summed E-state index contributed by atoms with van der Waals surface area (Å²) in [4.78, 5) is 27.0. The molecule has 0 spiro atoms. The van der Waals surface area contributed by atoms with Crippen LogP contribution < -0.4 is 10.6 Å². The Morgan fingerprint density at radius 3 is 1.29 bits per heavy atom. The molecule has 1 saturated carbocycles. The minimum absolute atomic E-state index is 0.0485. The number of aryl methyl sites for hydroxylation is 2. The van der Waals surface area contributed by atoms with E-state index in [9.17, 15) is 45.7 Å². The van der Waals surface area contributed by atoms with Crippen LogP contribution in [-0.4, -0.2) is 47.7 Å². The van der Waals surface area contributed by atoms with Gasteiger partial charge in [0, 0.05) is 11.4 Å². The number of anilines is 2. The lowest BCUT2D eigenvalue weighted by atomic mass is 9.61. The summed E-state index contributed by atoms with van der Waals surface area (Å²) in [5, 5.41) is 27.1. The maximum absolute atomic E-state index is 14.0. The molecular formula is C28H26N2O10S2. The SMILES string of the molecule is Cc1ccc(NC2=CC=C(O)C3C(=O)C4C(Nc5ccc(C)cc5S(=O)(=O)O)=CC=C(O)C4C(=O)C23)c(S(=O)(=O)O)c1. The Labute approximate surface area is 241 Å². The molecule has 42 heavy (non-hydrogen) atoms. The molecule has 0 heterocycles. The van der Waals surface area contributed by atoms with Crippen molar-refractivity contribution in [2.75, 3.05) is 10.6 Å². The third-order valence-corrected chi connectivity index (χ3v) is 9.24. The number of Topliss-reactive ketones (excluding diaryl/α,β-unsaturated/α-hetero) is 2. The number of fused-ring (bicyclic) bond motifs is 2. The summed E-state index contributed by atoms with van der Waals surface area (Å²) in [7, 11) is -9.37. The van der Waals surface area contributed by atoms with E-state index in [-0.39, 0.29) is 22.8 Å². The molecule has 0 saturated heterocycles. The van der Waals surface area contributed by atoms with Crippen LogP contribution in [0.3, 0.4) is 0 Å². The van der Waals surface area contributed by atoms with Crippen molar-refractivity contribution in [1.29, 1.82) is 0 Å². The smallest absolute Gasteiger partial charge is 0.296 e. The first-order valence-electron chi connectivity index (χ1n) is 12.6. The molecule has 2 aromatic carbocycles. The van der Waals surface area contributed by atoms with Crippen LogP contribution in [0.15, 0.2) is 93.4 Å². The van der Waals surface area contributed by atoms with E-state index in [0.29, 0.717) is 11.1 Å². The Morgan fingerprint density at radius 1 is 0.595 bits per heavy atom. The number of rotatable bonds is 6. The predicted octanol–water partition coefficient (Wildman–Crippen LogP) is 3.62. The van der Waals surface area contributed by atoms with Crippen molar-refractivity contribution >= 4 is 43.2 Å². The lowest BCUT2D eigenvalue weighted by molar-refractivity contribution is -0.143. The summed E-state index contributed by atoms with van der Waals surface area (Å²) in [5.74, 6) is -7.81. The molecule has 3 aliphatic carbocycles. The van der Waals surface area contributed by atoms with E-state index in [1.54, 1.807) is 26.0 Å². The van der Waals surface area contributed by atoms with Crippen LogP contribution in [0.5, 0.6) is 0 Å². The van der Waals surface area contributed by atoms with Crippen LogP contribution in [-0.2, 0) is 29.8 Å². The largest absolute Gasteiger partial charge is 0.512 e. The van der Waals surface area contributed by atoms with E-state index in [1.165, 1.54) is 48.6 Å². The highest BCUT2D eigenvalue weighted by Gasteiger charge is 2.56. The highest BCUT2D eigenvalue weighted by atomic mass is 32.2. The summed E-state index contributed by atoms with van der Waals surface area (Å²) in [6.07, 6.45) is 4.97. The zero-order valence-electron chi connectivity index (χ0n) is 22.1. The van der Waals surface area contributed by atoms with E-state index in [4.69, 9.17) is 0 Å². The molecule has 4 unspecified atom stereocenters. The van der Waals surface area contributed by atoms with Gasteiger partial charge in [0.1, 0.15) is 21.3 Å². The number of carbonyl (C=O) groups is 2. The van der Waals surface area contributed by atoms with Crippen molar-refractivity contribution in [2.45, 2.75) is 23.6 Å². The number of benzene rings is 2. The molecule has 0 aliphatic heterocycles. The fourth-order valence-electron chi connectivity index (χ4n) is 5.55. The van der Waals surface area contributed by atoms with Gasteiger partial charge < -0.3 is 20.8 Å². The minimum atomic E-state index is -4.68. The number of ketones is 2. The van der Waals surface area contributed by atoms with Crippen molar-refractivity contribution in [1.82, 2.24) is 0 Å². The lowest BCUT2D eigenvalue weighted by Crippen LogP contribution is -2.52. The van der Waals surface area contributed by atoms with Gasteiger partial charge in [-0.25, -0.2) is 0 Å². The second-order valence-electron chi connectivity index (χ2n) is 10.3. The maximum atomic E-state index is 14.0. The van der Waals surface area contributed by atoms with Crippen LogP contribution in [0.2, 0.25) is 0 Å². The van der Waals surface area contributed by atoms with Gasteiger partial charge in [0.05, 0.1) is 35.0 Å². The molecule has 12 nitrogen and oxygen atoms in total. The number of hydrogen-bond donors (Lipinski definition) is 6. The standard InChI is InChI=1S/C28H26N2O10S2/c1-13-3-5-15(21(11-13)41(35,36)37)29-17-7-9-19(31)25-23(17)27(33)26-20(32)10-8-18(24(26)28(25)34)30-16-6-4-14(2)12-22(16)42(38,39)40/h3-12,23-26,29-32H,1-2H3,(H,35,36,37)(H,38,39,40). The number of aliphatic hydroxyl groups is 2. The molecule has 6 N–H and O–H groups in total.